The van der Waals surface area contributed by atoms with E-state index in [-0.39, 0.29) is 5.84 Å². The molecule has 0 saturated heterocycles. The fourth-order valence-electron chi connectivity index (χ4n) is 1.96. The summed E-state index contributed by atoms with van der Waals surface area (Å²) in [5.41, 5.74) is 8.66. The van der Waals surface area contributed by atoms with E-state index in [9.17, 15) is 0 Å². The maximum Gasteiger partial charge on any atom is 0.172 e. The fraction of sp³-hybridized carbons (Fsp3) is 0.462. The zero-order valence-electron chi connectivity index (χ0n) is 10.9. The summed E-state index contributed by atoms with van der Waals surface area (Å²) in [6, 6.07) is 6.29. The predicted molar refractivity (Wildman–Crippen MR) is 71.8 cm³/mol. The van der Waals surface area contributed by atoms with Gasteiger partial charge in [0.2, 0.25) is 0 Å². The maximum atomic E-state index is 8.82. The van der Waals surface area contributed by atoms with E-state index in [2.05, 4.69) is 36.9 Å². The summed E-state index contributed by atoms with van der Waals surface area (Å²) in [4.78, 5) is 2.22. The number of amidine groups is 1. The van der Waals surface area contributed by atoms with E-state index < -0.39 is 0 Å². The van der Waals surface area contributed by atoms with Crippen molar-refractivity contribution in [1.82, 2.24) is 0 Å². The fourth-order valence-corrected chi connectivity index (χ4v) is 1.96. The van der Waals surface area contributed by atoms with Crippen LogP contribution in [0.25, 0.3) is 0 Å². The number of nitrogens with zero attached hydrogens (tertiary/aromatic N) is 2. The lowest BCUT2D eigenvalue weighted by molar-refractivity contribution is 0.318. The Hall–Kier alpha value is -1.71. The highest BCUT2D eigenvalue weighted by molar-refractivity contribution is 6.02. The summed E-state index contributed by atoms with van der Waals surface area (Å²) in [6.07, 6.45) is 0. The van der Waals surface area contributed by atoms with Crippen LogP contribution in [0.1, 0.15) is 31.9 Å². The minimum absolute atomic E-state index is 0.152. The van der Waals surface area contributed by atoms with Crippen LogP contribution in [0.2, 0.25) is 0 Å². The first-order valence-electron chi connectivity index (χ1n) is 5.86. The standard InChI is InChI=1S/C13H21N3O/c1-5-16(9(2)3)12-8-10(4)6-7-11(12)13(14)15-17/h6-9,17H,5H2,1-4H3,(H2,14,15). The quantitative estimate of drug-likeness (QED) is 0.364. The molecule has 0 spiro atoms. The van der Waals surface area contributed by atoms with Crippen LogP contribution in [0.15, 0.2) is 23.4 Å². The second kappa shape index (κ2) is 5.57. The number of nitrogens with two attached hydrogens (primary N) is 1. The molecule has 0 bridgehead atoms. The van der Waals surface area contributed by atoms with Gasteiger partial charge >= 0.3 is 0 Å². The largest absolute Gasteiger partial charge is 0.409 e. The van der Waals surface area contributed by atoms with E-state index in [1.54, 1.807) is 0 Å². The molecular weight excluding hydrogens is 214 g/mol. The first-order valence-corrected chi connectivity index (χ1v) is 5.86. The van der Waals surface area contributed by atoms with Gasteiger partial charge in [0.1, 0.15) is 0 Å². The molecule has 0 heterocycles. The number of hydrogen-bond acceptors (Lipinski definition) is 3. The molecule has 17 heavy (non-hydrogen) atoms. The van der Waals surface area contributed by atoms with Crippen molar-refractivity contribution in [2.24, 2.45) is 10.9 Å². The lowest BCUT2D eigenvalue weighted by Crippen LogP contribution is -2.32. The molecule has 0 aliphatic carbocycles. The molecule has 0 radical (unpaired) electrons. The normalized spacial score (nSPS) is 11.9. The molecule has 4 nitrogen and oxygen atoms in total. The molecule has 1 aromatic rings. The van der Waals surface area contributed by atoms with Crippen LogP contribution in [0, 0.1) is 6.92 Å². The number of oxime groups is 1. The Morgan fingerprint density at radius 3 is 2.59 bits per heavy atom. The minimum atomic E-state index is 0.152. The van der Waals surface area contributed by atoms with E-state index in [0.717, 1.165) is 23.4 Å². The van der Waals surface area contributed by atoms with Crippen LogP contribution in [0.3, 0.4) is 0 Å². The van der Waals surface area contributed by atoms with Gasteiger partial charge < -0.3 is 15.8 Å². The van der Waals surface area contributed by atoms with Crippen molar-refractivity contribution in [3.05, 3.63) is 29.3 Å². The molecule has 1 rings (SSSR count). The van der Waals surface area contributed by atoms with Gasteiger partial charge in [-0.25, -0.2) is 0 Å². The van der Waals surface area contributed by atoms with Gasteiger partial charge in [-0.05, 0) is 45.4 Å². The van der Waals surface area contributed by atoms with Gasteiger partial charge in [0.15, 0.2) is 5.84 Å². The van der Waals surface area contributed by atoms with Crippen molar-refractivity contribution >= 4 is 11.5 Å². The zero-order valence-corrected chi connectivity index (χ0v) is 10.9. The van der Waals surface area contributed by atoms with Gasteiger partial charge in [-0.3, -0.25) is 0 Å². The van der Waals surface area contributed by atoms with Crippen LogP contribution in [-0.4, -0.2) is 23.6 Å². The van der Waals surface area contributed by atoms with Crippen molar-refractivity contribution < 1.29 is 5.21 Å². The molecule has 0 amide bonds. The topological polar surface area (TPSA) is 61.8 Å². The van der Waals surface area contributed by atoms with E-state index >= 15 is 0 Å². The smallest absolute Gasteiger partial charge is 0.172 e. The summed E-state index contributed by atoms with van der Waals surface area (Å²) >= 11 is 0. The number of anilines is 1. The molecule has 0 saturated carbocycles. The molecule has 0 aliphatic rings. The van der Waals surface area contributed by atoms with Crippen molar-refractivity contribution in [1.29, 1.82) is 0 Å². The van der Waals surface area contributed by atoms with E-state index in [1.807, 2.05) is 19.1 Å². The monoisotopic (exact) mass is 235 g/mol. The Kier molecular flexibility index (Phi) is 4.37. The van der Waals surface area contributed by atoms with Crippen LogP contribution in [0.4, 0.5) is 5.69 Å². The number of rotatable bonds is 4. The Labute approximate surface area is 103 Å². The summed E-state index contributed by atoms with van der Waals surface area (Å²) < 4.78 is 0. The number of benzene rings is 1. The van der Waals surface area contributed by atoms with Crippen LogP contribution in [-0.2, 0) is 0 Å². The Bertz CT molecular complexity index is 413. The molecule has 1 aromatic carbocycles. The lowest BCUT2D eigenvalue weighted by atomic mass is 10.1. The lowest BCUT2D eigenvalue weighted by Gasteiger charge is -2.29. The molecule has 0 aromatic heterocycles. The van der Waals surface area contributed by atoms with Crippen molar-refractivity contribution in [2.45, 2.75) is 33.7 Å². The minimum Gasteiger partial charge on any atom is -0.409 e. The van der Waals surface area contributed by atoms with Gasteiger partial charge in [-0.1, -0.05) is 11.2 Å². The average molecular weight is 235 g/mol. The molecule has 0 unspecified atom stereocenters. The number of hydrogen-bond donors (Lipinski definition) is 2. The first kappa shape index (κ1) is 13.4. The predicted octanol–water partition coefficient (Wildman–Crippen LogP) is 2.32. The van der Waals surface area contributed by atoms with Crippen LogP contribution >= 0.6 is 0 Å². The highest BCUT2D eigenvalue weighted by atomic mass is 16.4. The highest BCUT2D eigenvalue weighted by Gasteiger charge is 2.15. The van der Waals surface area contributed by atoms with E-state index in [4.69, 9.17) is 10.9 Å². The summed E-state index contributed by atoms with van der Waals surface area (Å²) in [6.45, 7) is 9.27. The molecule has 3 N–H and O–H groups in total. The van der Waals surface area contributed by atoms with E-state index in [0.29, 0.717) is 6.04 Å². The van der Waals surface area contributed by atoms with Crippen LogP contribution < -0.4 is 10.6 Å². The molecule has 0 atom stereocenters. The Morgan fingerprint density at radius 1 is 1.47 bits per heavy atom. The SMILES string of the molecule is CCN(c1cc(C)ccc1C(N)=NO)C(C)C. The van der Waals surface area contributed by atoms with Gasteiger partial charge in [0.25, 0.3) is 0 Å². The van der Waals surface area contributed by atoms with Crippen molar-refractivity contribution in [3.63, 3.8) is 0 Å². The Morgan fingerprint density at radius 2 is 2.12 bits per heavy atom. The second-order valence-electron chi connectivity index (χ2n) is 4.39. The molecule has 4 heteroatoms. The third-order valence-corrected chi connectivity index (χ3v) is 2.81. The average Bonchev–Trinajstić information content (AvgIpc) is 2.29. The summed E-state index contributed by atoms with van der Waals surface area (Å²) in [7, 11) is 0. The number of aryl methyl sites for hydroxylation is 1. The third-order valence-electron chi connectivity index (χ3n) is 2.81. The van der Waals surface area contributed by atoms with Gasteiger partial charge in [0.05, 0.1) is 0 Å². The maximum absolute atomic E-state index is 8.82. The summed E-state index contributed by atoms with van der Waals surface area (Å²) in [5.74, 6) is 0.152. The van der Waals surface area contributed by atoms with Crippen molar-refractivity contribution in [2.75, 3.05) is 11.4 Å². The van der Waals surface area contributed by atoms with E-state index in [1.165, 1.54) is 0 Å². The van der Waals surface area contributed by atoms with Gasteiger partial charge in [-0.2, -0.15) is 0 Å². The molecule has 0 aliphatic heterocycles. The summed E-state index contributed by atoms with van der Waals surface area (Å²) in [5, 5.41) is 11.9. The van der Waals surface area contributed by atoms with Gasteiger partial charge in [-0.15, -0.1) is 0 Å². The van der Waals surface area contributed by atoms with Crippen molar-refractivity contribution in [3.8, 4) is 0 Å². The van der Waals surface area contributed by atoms with Crippen LogP contribution in [0.5, 0.6) is 0 Å². The third kappa shape index (κ3) is 2.90. The van der Waals surface area contributed by atoms with Gasteiger partial charge in [0, 0.05) is 23.8 Å². The zero-order chi connectivity index (χ0) is 13.0. The molecule has 0 fully saturated rings. The molecular formula is C13H21N3O. The highest BCUT2D eigenvalue weighted by Crippen LogP contribution is 2.24. The molecule has 94 valence electrons. The first-order chi connectivity index (χ1) is 8.01. The second-order valence-corrected chi connectivity index (χ2v) is 4.39. The Balaban J connectivity index is 3.33.